The van der Waals surface area contributed by atoms with Gasteiger partial charge in [-0.3, -0.25) is 4.79 Å². The molecule has 0 bridgehead atoms. The zero-order valence-electron chi connectivity index (χ0n) is 10.2. The van der Waals surface area contributed by atoms with E-state index in [4.69, 9.17) is 9.47 Å². The lowest BCUT2D eigenvalue weighted by Gasteiger charge is -2.13. The lowest BCUT2D eigenvalue weighted by Crippen LogP contribution is -2.21. The molecule has 0 aliphatic carbocycles. The van der Waals surface area contributed by atoms with E-state index in [0.29, 0.717) is 19.6 Å². The van der Waals surface area contributed by atoms with Gasteiger partial charge in [0.1, 0.15) is 0 Å². The Bertz CT molecular complexity index is 191. The van der Waals surface area contributed by atoms with Gasteiger partial charge in [-0.05, 0) is 39.3 Å². The van der Waals surface area contributed by atoms with Crippen LogP contribution in [0.5, 0.6) is 0 Å². The Kier molecular flexibility index (Phi) is 7.17. The van der Waals surface area contributed by atoms with Crippen LogP contribution >= 0.6 is 0 Å². The third-order valence-corrected chi connectivity index (χ3v) is 2.72. The number of carbonyl (C=O) groups is 1. The standard InChI is InChI=1S/C12H23NO3/c1-2-16-12(14)6-11-15-10-5-9-13-7-3-4-8-13/h2-11H2,1H3. The van der Waals surface area contributed by atoms with Crippen molar-refractivity contribution in [2.45, 2.75) is 32.6 Å². The first-order valence-electron chi connectivity index (χ1n) is 6.28. The maximum Gasteiger partial charge on any atom is 0.308 e. The van der Waals surface area contributed by atoms with Crippen molar-refractivity contribution in [3.05, 3.63) is 0 Å². The molecule has 1 rings (SSSR count). The van der Waals surface area contributed by atoms with E-state index >= 15 is 0 Å². The number of likely N-dealkylation sites (tertiary alicyclic amines) is 1. The van der Waals surface area contributed by atoms with E-state index in [1.807, 2.05) is 6.92 Å². The molecule has 0 atom stereocenters. The highest BCUT2D eigenvalue weighted by Crippen LogP contribution is 2.07. The Morgan fingerprint density at radius 1 is 1.25 bits per heavy atom. The summed E-state index contributed by atoms with van der Waals surface area (Å²) in [6, 6.07) is 0. The van der Waals surface area contributed by atoms with Crippen LogP contribution < -0.4 is 0 Å². The highest BCUT2D eigenvalue weighted by Gasteiger charge is 2.10. The number of hydrogen-bond acceptors (Lipinski definition) is 4. The van der Waals surface area contributed by atoms with Gasteiger partial charge in [0.15, 0.2) is 0 Å². The van der Waals surface area contributed by atoms with Crippen LogP contribution in [0.1, 0.15) is 32.6 Å². The Hall–Kier alpha value is -0.610. The quantitative estimate of drug-likeness (QED) is 0.466. The number of esters is 1. The minimum Gasteiger partial charge on any atom is -0.466 e. The fraction of sp³-hybridized carbons (Fsp3) is 0.917. The molecule has 1 aliphatic rings. The Morgan fingerprint density at radius 2 is 2.00 bits per heavy atom. The average Bonchev–Trinajstić information content (AvgIpc) is 2.76. The van der Waals surface area contributed by atoms with Crippen LogP contribution in [0.2, 0.25) is 0 Å². The van der Waals surface area contributed by atoms with Gasteiger partial charge in [0.25, 0.3) is 0 Å². The van der Waals surface area contributed by atoms with Crippen LogP contribution in [-0.2, 0) is 14.3 Å². The summed E-state index contributed by atoms with van der Waals surface area (Å²) in [7, 11) is 0. The van der Waals surface area contributed by atoms with E-state index in [-0.39, 0.29) is 5.97 Å². The zero-order chi connectivity index (χ0) is 11.6. The molecule has 4 heteroatoms. The molecule has 0 saturated carbocycles. The lowest BCUT2D eigenvalue weighted by atomic mass is 10.4. The van der Waals surface area contributed by atoms with E-state index in [1.165, 1.54) is 25.9 Å². The highest BCUT2D eigenvalue weighted by atomic mass is 16.5. The average molecular weight is 229 g/mol. The summed E-state index contributed by atoms with van der Waals surface area (Å²) in [5.74, 6) is -0.165. The number of nitrogens with zero attached hydrogens (tertiary/aromatic N) is 1. The second kappa shape index (κ2) is 8.53. The predicted molar refractivity (Wildman–Crippen MR) is 62.4 cm³/mol. The normalized spacial score (nSPS) is 16.6. The topological polar surface area (TPSA) is 38.8 Å². The molecule has 94 valence electrons. The molecule has 0 amide bonds. The molecule has 1 heterocycles. The Labute approximate surface area is 97.9 Å². The van der Waals surface area contributed by atoms with Gasteiger partial charge in [-0.25, -0.2) is 0 Å². The summed E-state index contributed by atoms with van der Waals surface area (Å²) >= 11 is 0. The smallest absolute Gasteiger partial charge is 0.308 e. The summed E-state index contributed by atoms with van der Waals surface area (Å²) in [5, 5.41) is 0. The number of rotatable bonds is 8. The second-order valence-electron chi connectivity index (χ2n) is 4.07. The summed E-state index contributed by atoms with van der Waals surface area (Å²) in [4.78, 5) is 13.4. The van der Waals surface area contributed by atoms with Crippen molar-refractivity contribution < 1.29 is 14.3 Å². The highest BCUT2D eigenvalue weighted by molar-refractivity contribution is 5.69. The van der Waals surface area contributed by atoms with Crippen LogP contribution in [0.15, 0.2) is 0 Å². The van der Waals surface area contributed by atoms with Gasteiger partial charge in [0, 0.05) is 13.2 Å². The molecule has 1 aliphatic heterocycles. The van der Waals surface area contributed by atoms with Crippen LogP contribution in [-0.4, -0.2) is 50.3 Å². The van der Waals surface area contributed by atoms with Crippen molar-refractivity contribution in [2.75, 3.05) is 39.5 Å². The Balaban J connectivity index is 1.82. The van der Waals surface area contributed by atoms with Crippen molar-refractivity contribution >= 4 is 5.97 Å². The molecule has 1 fully saturated rings. The summed E-state index contributed by atoms with van der Waals surface area (Å²) < 4.78 is 10.2. The van der Waals surface area contributed by atoms with Gasteiger partial charge >= 0.3 is 5.97 Å². The maximum atomic E-state index is 11.0. The molecule has 0 radical (unpaired) electrons. The summed E-state index contributed by atoms with van der Waals surface area (Å²) in [6.45, 7) is 7.10. The second-order valence-corrected chi connectivity index (χ2v) is 4.07. The number of ether oxygens (including phenoxy) is 2. The third kappa shape index (κ3) is 6.08. The first kappa shape index (κ1) is 13.5. The van der Waals surface area contributed by atoms with Gasteiger partial charge in [-0.1, -0.05) is 0 Å². The van der Waals surface area contributed by atoms with E-state index in [1.54, 1.807) is 0 Å². The van der Waals surface area contributed by atoms with Gasteiger partial charge in [0.05, 0.1) is 19.6 Å². The molecule has 0 aromatic heterocycles. The third-order valence-electron chi connectivity index (χ3n) is 2.72. The van der Waals surface area contributed by atoms with Crippen LogP contribution in [0.3, 0.4) is 0 Å². The summed E-state index contributed by atoms with van der Waals surface area (Å²) in [5.41, 5.74) is 0. The minimum absolute atomic E-state index is 0.165. The molecule has 0 aromatic carbocycles. The molecule has 16 heavy (non-hydrogen) atoms. The van der Waals surface area contributed by atoms with Crippen LogP contribution in [0.4, 0.5) is 0 Å². The molecular formula is C12H23NO3. The van der Waals surface area contributed by atoms with Crippen molar-refractivity contribution in [3.8, 4) is 0 Å². The molecule has 0 N–H and O–H groups in total. The van der Waals surface area contributed by atoms with Gasteiger partial charge in [-0.15, -0.1) is 0 Å². The van der Waals surface area contributed by atoms with E-state index in [2.05, 4.69) is 4.90 Å². The van der Waals surface area contributed by atoms with Gasteiger partial charge in [0.2, 0.25) is 0 Å². The Morgan fingerprint density at radius 3 is 2.69 bits per heavy atom. The SMILES string of the molecule is CCOC(=O)CCOCCCN1CCCC1. The van der Waals surface area contributed by atoms with Crippen molar-refractivity contribution in [1.29, 1.82) is 0 Å². The molecule has 0 aromatic rings. The van der Waals surface area contributed by atoms with Crippen molar-refractivity contribution in [3.63, 3.8) is 0 Å². The van der Waals surface area contributed by atoms with E-state index in [0.717, 1.165) is 19.6 Å². The molecule has 4 nitrogen and oxygen atoms in total. The number of carbonyl (C=O) groups excluding carboxylic acids is 1. The molecular weight excluding hydrogens is 206 g/mol. The largest absolute Gasteiger partial charge is 0.466 e. The van der Waals surface area contributed by atoms with Crippen molar-refractivity contribution in [1.82, 2.24) is 4.90 Å². The fourth-order valence-electron chi connectivity index (χ4n) is 1.89. The van der Waals surface area contributed by atoms with Gasteiger partial charge < -0.3 is 14.4 Å². The molecule has 0 unspecified atom stereocenters. The monoisotopic (exact) mass is 229 g/mol. The summed E-state index contributed by atoms with van der Waals surface area (Å²) in [6.07, 6.45) is 4.10. The zero-order valence-corrected chi connectivity index (χ0v) is 10.2. The lowest BCUT2D eigenvalue weighted by molar-refractivity contribution is -0.144. The predicted octanol–water partition coefficient (Wildman–Crippen LogP) is 1.44. The van der Waals surface area contributed by atoms with Crippen molar-refractivity contribution in [2.24, 2.45) is 0 Å². The minimum atomic E-state index is -0.165. The number of hydrogen-bond donors (Lipinski definition) is 0. The van der Waals surface area contributed by atoms with E-state index in [9.17, 15) is 4.79 Å². The first-order valence-corrected chi connectivity index (χ1v) is 6.28. The van der Waals surface area contributed by atoms with Crippen LogP contribution in [0.25, 0.3) is 0 Å². The van der Waals surface area contributed by atoms with E-state index < -0.39 is 0 Å². The van der Waals surface area contributed by atoms with Gasteiger partial charge in [-0.2, -0.15) is 0 Å². The maximum absolute atomic E-state index is 11.0. The fourth-order valence-corrected chi connectivity index (χ4v) is 1.89. The molecule has 0 spiro atoms. The molecule has 1 saturated heterocycles. The van der Waals surface area contributed by atoms with Crippen LogP contribution in [0, 0.1) is 0 Å². The first-order chi connectivity index (χ1) is 7.83.